The molecule has 0 saturated heterocycles. The second-order valence-corrected chi connectivity index (χ2v) is 2.79. The van der Waals surface area contributed by atoms with Crippen molar-refractivity contribution in [1.29, 1.82) is 0 Å². The lowest BCUT2D eigenvalue weighted by molar-refractivity contribution is -0.229. The zero-order valence-corrected chi connectivity index (χ0v) is 7.46. The summed E-state index contributed by atoms with van der Waals surface area (Å²) in [5.74, 6) is 0. The smallest absolute Gasteiger partial charge is 0.234 e. The summed E-state index contributed by atoms with van der Waals surface area (Å²) in [5, 5.41) is 0. The van der Waals surface area contributed by atoms with E-state index in [-0.39, 0.29) is 5.56 Å². The number of nitrogens with zero attached hydrogens (tertiary/aromatic N) is 1. The van der Waals surface area contributed by atoms with Gasteiger partial charge in [0.2, 0.25) is 0 Å². The molecule has 0 aliphatic carbocycles. The van der Waals surface area contributed by atoms with Crippen LogP contribution in [0, 0.1) is 0 Å². The van der Waals surface area contributed by atoms with Crippen LogP contribution in [0.25, 0.3) is 0 Å². The highest BCUT2D eigenvalue weighted by Gasteiger charge is 2.41. The summed E-state index contributed by atoms with van der Waals surface area (Å²) in [6.45, 7) is -0.820. The minimum Gasteiger partial charge on any atom is -0.234 e. The molecule has 0 saturated carbocycles. The first-order chi connectivity index (χ1) is 6.91. The van der Waals surface area contributed by atoms with E-state index in [2.05, 4.69) is 0 Å². The minimum absolute atomic E-state index is 0.209. The summed E-state index contributed by atoms with van der Waals surface area (Å²) in [6, 6.07) is 7.38. The number of carbonyl (C=O) groups is 1. The van der Waals surface area contributed by atoms with E-state index in [4.69, 9.17) is 0 Å². The molecule has 1 aromatic rings. The van der Waals surface area contributed by atoms with Crippen molar-refractivity contribution in [2.75, 3.05) is 0 Å². The van der Waals surface area contributed by atoms with Crippen molar-refractivity contribution in [3.63, 3.8) is 0 Å². The summed E-state index contributed by atoms with van der Waals surface area (Å²) in [7, 11) is 0. The van der Waals surface area contributed by atoms with Gasteiger partial charge in [-0.2, -0.15) is 0 Å². The second kappa shape index (κ2) is 4.29. The third kappa shape index (κ3) is 3.23. The van der Waals surface area contributed by atoms with Gasteiger partial charge in [0, 0.05) is 0 Å². The zero-order chi connectivity index (χ0) is 11.5. The Morgan fingerprint density at radius 1 is 1.20 bits per heavy atom. The third-order valence-corrected chi connectivity index (χ3v) is 1.70. The maximum atomic E-state index is 12.1. The number of hydrogen-bond donors (Lipinski definition) is 0. The Balaban J connectivity index is 2.82. The number of alkyl halides is 3. The van der Waals surface area contributed by atoms with Gasteiger partial charge < -0.3 is 0 Å². The number of hydrogen-bond acceptors (Lipinski definition) is 1. The lowest BCUT2D eigenvalue weighted by Gasteiger charge is -2.21. The molecular formula is C9H7F4NO. The fourth-order valence-electron chi connectivity index (χ4n) is 1.02. The first kappa shape index (κ1) is 11.5. The van der Waals surface area contributed by atoms with E-state index in [9.17, 15) is 22.4 Å². The van der Waals surface area contributed by atoms with Gasteiger partial charge in [-0.25, -0.2) is 9.69 Å². The second-order valence-electron chi connectivity index (χ2n) is 2.79. The Morgan fingerprint density at radius 3 is 2.13 bits per heavy atom. The topological polar surface area (TPSA) is 20.3 Å². The molecule has 0 spiro atoms. The summed E-state index contributed by atoms with van der Waals surface area (Å²) in [6.07, 6.45) is -7.51. The molecule has 0 aliphatic rings. The molecule has 0 bridgehead atoms. The number of carbonyl (C=O) groups excluding carboxylic acids is 1. The molecule has 0 heterocycles. The molecule has 6 heteroatoms. The maximum absolute atomic E-state index is 12.1. The molecule has 0 aromatic heterocycles. The molecule has 15 heavy (non-hydrogen) atoms. The van der Waals surface area contributed by atoms with Gasteiger partial charge in [0.25, 0.3) is 0 Å². The first-order valence-electron chi connectivity index (χ1n) is 3.99. The van der Waals surface area contributed by atoms with E-state index in [1.54, 1.807) is 6.07 Å². The van der Waals surface area contributed by atoms with Crippen molar-refractivity contribution < 1.29 is 22.4 Å². The number of amides is 1. The Morgan fingerprint density at radius 2 is 1.73 bits per heavy atom. The van der Waals surface area contributed by atoms with Crippen LogP contribution in [0.4, 0.5) is 22.4 Å². The molecule has 1 aromatic carbocycles. The molecule has 0 fully saturated rings. The molecule has 0 atom stereocenters. The number of benzene rings is 1. The van der Waals surface area contributed by atoms with Crippen LogP contribution in [0.3, 0.4) is 0 Å². The van der Waals surface area contributed by atoms with E-state index in [0.717, 1.165) is 0 Å². The van der Waals surface area contributed by atoms with Crippen molar-refractivity contribution in [2.45, 2.75) is 12.8 Å². The van der Waals surface area contributed by atoms with Gasteiger partial charge >= 0.3 is 12.5 Å². The van der Waals surface area contributed by atoms with E-state index >= 15 is 0 Å². The van der Waals surface area contributed by atoms with Gasteiger partial charge in [-0.1, -0.05) is 30.3 Å². The summed E-state index contributed by atoms with van der Waals surface area (Å²) in [4.78, 5) is 9.34. The Kier molecular flexibility index (Phi) is 3.28. The van der Waals surface area contributed by atoms with Crippen LogP contribution in [0.15, 0.2) is 30.3 Å². The third-order valence-electron chi connectivity index (χ3n) is 1.70. The van der Waals surface area contributed by atoms with Gasteiger partial charge in [0.05, 0.1) is 6.54 Å². The van der Waals surface area contributed by atoms with E-state index in [1.165, 1.54) is 24.3 Å². The highest BCUT2D eigenvalue weighted by Crippen LogP contribution is 2.24. The average Bonchev–Trinajstić information content (AvgIpc) is 2.13. The van der Waals surface area contributed by atoms with Crippen molar-refractivity contribution in [3.05, 3.63) is 35.9 Å². The molecule has 0 N–H and O–H groups in total. The van der Waals surface area contributed by atoms with E-state index in [1.807, 2.05) is 0 Å². The van der Waals surface area contributed by atoms with E-state index < -0.39 is 23.9 Å². The Bertz CT molecular complexity index is 336. The van der Waals surface area contributed by atoms with Gasteiger partial charge in [0.15, 0.2) is 0 Å². The average molecular weight is 221 g/mol. The molecule has 82 valence electrons. The van der Waals surface area contributed by atoms with Crippen LogP contribution >= 0.6 is 0 Å². The predicted molar refractivity (Wildman–Crippen MR) is 44.5 cm³/mol. The monoisotopic (exact) mass is 221 g/mol. The highest BCUT2D eigenvalue weighted by atomic mass is 19.4. The van der Waals surface area contributed by atoms with Gasteiger partial charge in [-0.3, -0.25) is 0 Å². The van der Waals surface area contributed by atoms with Crippen molar-refractivity contribution in [3.8, 4) is 0 Å². The van der Waals surface area contributed by atoms with Crippen LogP contribution in [-0.4, -0.2) is 17.4 Å². The van der Waals surface area contributed by atoms with Gasteiger partial charge in [-0.05, 0) is 5.56 Å². The largest absolute Gasteiger partial charge is 0.489 e. The standard InChI is InChI=1S/C9H7F4NO/c10-8(15)14(9(11,12)13)6-7-4-2-1-3-5-7/h1-5H,6H2. The number of rotatable bonds is 2. The van der Waals surface area contributed by atoms with Crippen LogP contribution in [0.2, 0.25) is 0 Å². The van der Waals surface area contributed by atoms with Crippen LogP contribution in [-0.2, 0) is 6.54 Å². The minimum atomic E-state index is -5.00. The van der Waals surface area contributed by atoms with Gasteiger partial charge in [-0.15, -0.1) is 17.6 Å². The lowest BCUT2D eigenvalue weighted by Crippen LogP contribution is -2.39. The lowest BCUT2D eigenvalue weighted by atomic mass is 10.2. The van der Waals surface area contributed by atoms with Crippen LogP contribution in [0.1, 0.15) is 5.56 Å². The Hall–Kier alpha value is -1.59. The molecule has 1 rings (SSSR count). The molecule has 0 radical (unpaired) electrons. The SMILES string of the molecule is O=C(F)N(Cc1ccccc1)C(F)(F)F. The van der Waals surface area contributed by atoms with Gasteiger partial charge in [0.1, 0.15) is 0 Å². The van der Waals surface area contributed by atoms with Crippen LogP contribution < -0.4 is 0 Å². The summed E-state index contributed by atoms with van der Waals surface area (Å²) < 4.78 is 48.5. The maximum Gasteiger partial charge on any atom is 0.489 e. The zero-order valence-electron chi connectivity index (χ0n) is 7.46. The van der Waals surface area contributed by atoms with E-state index in [0.29, 0.717) is 0 Å². The fourth-order valence-corrected chi connectivity index (χ4v) is 1.02. The normalized spacial score (nSPS) is 11.2. The molecule has 1 amide bonds. The Labute approximate surface area is 83.1 Å². The molecule has 2 nitrogen and oxygen atoms in total. The summed E-state index contributed by atoms with van der Waals surface area (Å²) in [5.41, 5.74) is 0.209. The predicted octanol–water partition coefficient (Wildman–Crippen LogP) is 3.10. The first-order valence-corrected chi connectivity index (χ1v) is 3.99. The number of halogens is 4. The fraction of sp³-hybridized carbons (Fsp3) is 0.222. The molecular weight excluding hydrogens is 214 g/mol. The van der Waals surface area contributed by atoms with Crippen molar-refractivity contribution in [2.24, 2.45) is 0 Å². The summed E-state index contributed by atoms with van der Waals surface area (Å²) >= 11 is 0. The highest BCUT2D eigenvalue weighted by molar-refractivity contribution is 5.66. The van der Waals surface area contributed by atoms with Crippen molar-refractivity contribution >= 4 is 6.16 Å². The van der Waals surface area contributed by atoms with Crippen molar-refractivity contribution in [1.82, 2.24) is 4.90 Å². The molecule has 0 aliphatic heterocycles. The van der Waals surface area contributed by atoms with Crippen LogP contribution in [0.5, 0.6) is 0 Å². The quantitative estimate of drug-likeness (QED) is 0.427. The molecule has 0 unspecified atom stereocenters.